The molecular formula is C13H12ClN3O2. The van der Waals surface area contributed by atoms with Crippen molar-refractivity contribution in [1.82, 2.24) is 14.9 Å². The first-order chi connectivity index (χ1) is 9.18. The Morgan fingerprint density at radius 3 is 3.00 bits per heavy atom. The second kappa shape index (κ2) is 4.66. The highest BCUT2D eigenvalue weighted by atomic mass is 35.5. The first kappa shape index (κ1) is 12.2. The number of benzene rings is 1. The summed E-state index contributed by atoms with van der Waals surface area (Å²) in [6, 6.07) is 4.63. The predicted molar refractivity (Wildman–Crippen MR) is 72.3 cm³/mol. The number of amides is 1. The van der Waals surface area contributed by atoms with E-state index in [0.717, 1.165) is 6.42 Å². The molecule has 19 heavy (non-hydrogen) atoms. The third-order valence-corrected chi connectivity index (χ3v) is 3.67. The SMILES string of the molecule is O=C1NCCC[C@@H]1n1cnc2cccc(Cl)c2c1=O. The van der Waals surface area contributed by atoms with Gasteiger partial charge >= 0.3 is 0 Å². The molecule has 98 valence electrons. The second-order valence-corrected chi connectivity index (χ2v) is 4.95. The van der Waals surface area contributed by atoms with Crippen molar-refractivity contribution >= 4 is 28.4 Å². The third-order valence-electron chi connectivity index (χ3n) is 3.35. The molecule has 1 aromatic heterocycles. The summed E-state index contributed by atoms with van der Waals surface area (Å²) in [5.74, 6) is -0.137. The first-order valence-electron chi connectivity index (χ1n) is 6.11. The maximum Gasteiger partial charge on any atom is 0.263 e. The molecule has 1 amide bonds. The average molecular weight is 278 g/mol. The number of rotatable bonds is 1. The smallest absolute Gasteiger partial charge is 0.263 e. The Morgan fingerprint density at radius 1 is 1.37 bits per heavy atom. The van der Waals surface area contributed by atoms with Gasteiger partial charge in [0.25, 0.3) is 5.56 Å². The summed E-state index contributed by atoms with van der Waals surface area (Å²) >= 11 is 6.06. The van der Waals surface area contributed by atoms with Crippen LogP contribution >= 0.6 is 11.6 Å². The fourth-order valence-corrected chi connectivity index (χ4v) is 2.63. The molecule has 1 aliphatic heterocycles. The molecule has 2 aromatic rings. The molecule has 0 bridgehead atoms. The molecule has 1 aromatic carbocycles. The van der Waals surface area contributed by atoms with Gasteiger partial charge in [-0.2, -0.15) is 0 Å². The van der Waals surface area contributed by atoms with Crippen molar-refractivity contribution in [2.45, 2.75) is 18.9 Å². The Labute approximate surface area is 114 Å². The summed E-state index contributed by atoms with van der Waals surface area (Å²) in [5.41, 5.74) is 0.280. The molecule has 0 spiro atoms. The van der Waals surface area contributed by atoms with Crippen LogP contribution in [-0.2, 0) is 4.79 Å². The van der Waals surface area contributed by atoms with E-state index in [1.807, 2.05) is 0 Å². The molecule has 0 radical (unpaired) electrons. The van der Waals surface area contributed by atoms with Crippen LogP contribution < -0.4 is 10.9 Å². The number of nitrogens with zero attached hydrogens (tertiary/aromatic N) is 2. The lowest BCUT2D eigenvalue weighted by Crippen LogP contribution is -2.41. The van der Waals surface area contributed by atoms with Crippen LogP contribution in [0.1, 0.15) is 18.9 Å². The molecular weight excluding hydrogens is 266 g/mol. The Hall–Kier alpha value is -1.88. The maximum atomic E-state index is 12.5. The number of carbonyl (C=O) groups excluding carboxylic acids is 1. The van der Waals surface area contributed by atoms with Crippen molar-refractivity contribution in [3.63, 3.8) is 0 Å². The van der Waals surface area contributed by atoms with E-state index in [9.17, 15) is 9.59 Å². The van der Waals surface area contributed by atoms with Crippen LogP contribution in [0.3, 0.4) is 0 Å². The van der Waals surface area contributed by atoms with Gasteiger partial charge in [-0.15, -0.1) is 0 Å². The van der Waals surface area contributed by atoms with E-state index in [0.29, 0.717) is 28.9 Å². The lowest BCUT2D eigenvalue weighted by atomic mass is 10.1. The van der Waals surface area contributed by atoms with E-state index >= 15 is 0 Å². The summed E-state index contributed by atoms with van der Waals surface area (Å²) in [6.07, 6.45) is 2.92. The van der Waals surface area contributed by atoms with E-state index < -0.39 is 6.04 Å². The molecule has 1 saturated heterocycles. The number of hydrogen-bond donors (Lipinski definition) is 1. The highest BCUT2D eigenvalue weighted by Crippen LogP contribution is 2.20. The summed E-state index contributed by atoms with van der Waals surface area (Å²) < 4.78 is 1.38. The zero-order chi connectivity index (χ0) is 13.4. The van der Waals surface area contributed by atoms with E-state index in [2.05, 4.69) is 10.3 Å². The molecule has 1 N–H and O–H groups in total. The second-order valence-electron chi connectivity index (χ2n) is 4.54. The van der Waals surface area contributed by atoms with Crippen molar-refractivity contribution in [2.75, 3.05) is 6.54 Å². The summed E-state index contributed by atoms with van der Waals surface area (Å²) in [4.78, 5) is 28.5. The Bertz CT molecular complexity index is 711. The molecule has 0 aliphatic carbocycles. The molecule has 3 rings (SSSR count). The normalized spacial score (nSPS) is 19.4. The molecule has 2 heterocycles. The molecule has 6 heteroatoms. The average Bonchev–Trinajstić information content (AvgIpc) is 2.40. The highest BCUT2D eigenvalue weighted by Gasteiger charge is 2.25. The standard InChI is InChI=1S/C13H12ClN3O2/c14-8-3-1-4-9-11(8)13(19)17(7-16-9)10-5-2-6-15-12(10)18/h1,3-4,7,10H,2,5-6H2,(H,15,18)/t10-/m0/s1. The molecule has 0 unspecified atom stereocenters. The van der Waals surface area contributed by atoms with Gasteiger partial charge in [0.05, 0.1) is 22.3 Å². The van der Waals surface area contributed by atoms with Gasteiger partial charge in [0.15, 0.2) is 0 Å². The van der Waals surface area contributed by atoms with Crippen molar-refractivity contribution < 1.29 is 4.79 Å². The number of fused-ring (bicyclic) bond motifs is 1. The monoisotopic (exact) mass is 277 g/mol. The van der Waals surface area contributed by atoms with Crippen LogP contribution in [0.4, 0.5) is 0 Å². The topological polar surface area (TPSA) is 64.0 Å². The van der Waals surface area contributed by atoms with Gasteiger partial charge in [0.2, 0.25) is 5.91 Å². The maximum absolute atomic E-state index is 12.5. The fourth-order valence-electron chi connectivity index (χ4n) is 2.38. The van der Waals surface area contributed by atoms with Gasteiger partial charge in [0.1, 0.15) is 6.04 Å². The number of aromatic nitrogens is 2. The van der Waals surface area contributed by atoms with Crippen LogP contribution in [0.5, 0.6) is 0 Å². The highest BCUT2D eigenvalue weighted by molar-refractivity contribution is 6.35. The minimum Gasteiger partial charge on any atom is -0.354 e. The van der Waals surface area contributed by atoms with Gasteiger partial charge in [-0.05, 0) is 25.0 Å². The minimum absolute atomic E-state index is 0.137. The summed E-state index contributed by atoms with van der Waals surface area (Å²) in [7, 11) is 0. The molecule has 0 saturated carbocycles. The third kappa shape index (κ3) is 2.00. The van der Waals surface area contributed by atoms with Gasteiger partial charge < -0.3 is 5.32 Å². The van der Waals surface area contributed by atoms with E-state index in [1.165, 1.54) is 10.9 Å². The number of carbonyl (C=O) groups is 1. The fraction of sp³-hybridized carbons (Fsp3) is 0.308. The van der Waals surface area contributed by atoms with Crippen LogP contribution in [0.2, 0.25) is 5.02 Å². The van der Waals surface area contributed by atoms with Crippen molar-refractivity contribution in [3.05, 3.63) is 39.9 Å². The van der Waals surface area contributed by atoms with Crippen LogP contribution in [0.15, 0.2) is 29.3 Å². The zero-order valence-electron chi connectivity index (χ0n) is 10.1. The number of nitrogens with one attached hydrogen (secondary N) is 1. The molecule has 1 fully saturated rings. The zero-order valence-corrected chi connectivity index (χ0v) is 10.9. The summed E-state index contributed by atoms with van der Waals surface area (Å²) in [5, 5.41) is 3.49. The largest absolute Gasteiger partial charge is 0.354 e. The first-order valence-corrected chi connectivity index (χ1v) is 6.49. The van der Waals surface area contributed by atoms with Crippen LogP contribution in [0.25, 0.3) is 10.9 Å². The lowest BCUT2D eigenvalue weighted by Gasteiger charge is -2.23. The number of piperidine rings is 1. The van der Waals surface area contributed by atoms with Crippen molar-refractivity contribution in [2.24, 2.45) is 0 Å². The van der Waals surface area contributed by atoms with Gasteiger partial charge in [-0.1, -0.05) is 17.7 Å². The van der Waals surface area contributed by atoms with E-state index in [1.54, 1.807) is 18.2 Å². The van der Waals surface area contributed by atoms with Gasteiger partial charge in [0, 0.05) is 6.54 Å². The molecule has 1 atom stereocenters. The molecule has 1 aliphatic rings. The van der Waals surface area contributed by atoms with E-state index in [4.69, 9.17) is 11.6 Å². The van der Waals surface area contributed by atoms with Gasteiger partial charge in [-0.25, -0.2) is 4.98 Å². The summed E-state index contributed by atoms with van der Waals surface area (Å²) in [6.45, 7) is 0.659. The number of halogens is 1. The van der Waals surface area contributed by atoms with Crippen molar-refractivity contribution in [3.8, 4) is 0 Å². The Balaban J connectivity index is 2.20. The van der Waals surface area contributed by atoms with E-state index in [-0.39, 0.29) is 11.5 Å². The van der Waals surface area contributed by atoms with Crippen LogP contribution in [0, 0.1) is 0 Å². The lowest BCUT2D eigenvalue weighted by molar-refractivity contribution is -0.125. The number of hydrogen-bond acceptors (Lipinski definition) is 3. The Kier molecular flexibility index (Phi) is 2.98. The molecule has 5 nitrogen and oxygen atoms in total. The predicted octanol–water partition coefficient (Wildman–Crippen LogP) is 1.50. The quantitative estimate of drug-likeness (QED) is 0.859. The van der Waals surface area contributed by atoms with Crippen LogP contribution in [-0.4, -0.2) is 22.0 Å². The Morgan fingerprint density at radius 2 is 2.21 bits per heavy atom. The van der Waals surface area contributed by atoms with Crippen molar-refractivity contribution in [1.29, 1.82) is 0 Å². The van der Waals surface area contributed by atoms with Gasteiger partial charge in [-0.3, -0.25) is 14.2 Å². The minimum atomic E-state index is -0.491.